The molecule has 1 atom stereocenters. The SMILES string of the molecule is Cc1ccc2c3c(ccc2c1)C1(OC(=O)c2ccccc21)c1cc(Cl)c(Nc2ccc(Br)cc2)cc1C3. The fourth-order valence-corrected chi connectivity index (χ4v) is 6.34. The van der Waals surface area contributed by atoms with Crippen molar-refractivity contribution >= 4 is 55.6 Å². The van der Waals surface area contributed by atoms with Crippen LogP contribution in [-0.4, -0.2) is 5.97 Å². The molecule has 0 aromatic heterocycles. The number of hydrogen-bond donors (Lipinski definition) is 1. The van der Waals surface area contributed by atoms with Crippen molar-refractivity contribution in [2.75, 3.05) is 5.32 Å². The van der Waals surface area contributed by atoms with E-state index in [9.17, 15) is 4.79 Å². The third-order valence-electron chi connectivity index (χ3n) is 7.50. The molecule has 0 saturated carbocycles. The summed E-state index contributed by atoms with van der Waals surface area (Å²) in [5, 5.41) is 6.39. The van der Waals surface area contributed by atoms with Gasteiger partial charge in [-0.15, -0.1) is 0 Å². The summed E-state index contributed by atoms with van der Waals surface area (Å²) in [6.07, 6.45) is 0.707. The normalized spacial score (nSPS) is 17.3. The zero-order valence-corrected chi connectivity index (χ0v) is 22.3. The van der Waals surface area contributed by atoms with Crippen molar-refractivity contribution in [3.63, 3.8) is 0 Å². The predicted octanol–water partition coefficient (Wildman–Crippen LogP) is 8.67. The van der Waals surface area contributed by atoms with E-state index in [4.69, 9.17) is 16.3 Å². The van der Waals surface area contributed by atoms with Crippen molar-refractivity contribution in [2.24, 2.45) is 0 Å². The predicted molar refractivity (Wildman–Crippen MR) is 152 cm³/mol. The van der Waals surface area contributed by atoms with Gasteiger partial charge in [0.25, 0.3) is 0 Å². The lowest BCUT2D eigenvalue weighted by Gasteiger charge is -2.38. The minimum atomic E-state index is -1.05. The number of hydrogen-bond acceptors (Lipinski definition) is 3. The summed E-state index contributed by atoms with van der Waals surface area (Å²) in [5.74, 6) is -0.313. The number of rotatable bonds is 2. The highest BCUT2D eigenvalue weighted by atomic mass is 79.9. The van der Waals surface area contributed by atoms with Crippen LogP contribution in [0.15, 0.2) is 95.5 Å². The molecule has 0 fully saturated rings. The zero-order chi connectivity index (χ0) is 25.3. The summed E-state index contributed by atoms with van der Waals surface area (Å²) >= 11 is 10.4. The van der Waals surface area contributed by atoms with E-state index in [0.29, 0.717) is 17.0 Å². The number of anilines is 2. The van der Waals surface area contributed by atoms with Gasteiger partial charge >= 0.3 is 5.97 Å². The zero-order valence-electron chi connectivity index (χ0n) is 19.9. The first-order valence-electron chi connectivity index (χ1n) is 12.1. The Morgan fingerprint density at radius 2 is 1.70 bits per heavy atom. The molecule has 0 amide bonds. The number of fused-ring (bicyclic) bond motifs is 8. The average molecular weight is 567 g/mol. The van der Waals surface area contributed by atoms with Gasteiger partial charge in [0.05, 0.1) is 16.3 Å². The molecule has 7 rings (SSSR count). The molecule has 3 nitrogen and oxygen atoms in total. The second-order valence-corrected chi connectivity index (χ2v) is 11.1. The van der Waals surface area contributed by atoms with Crippen molar-refractivity contribution in [1.29, 1.82) is 0 Å². The molecule has 1 N–H and O–H groups in total. The van der Waals surface area contributed by atoms with Crippen LogP contribution in [0.4, 0.5) is 11.4 Å². The maximum Gasteiger partial charge on any atom is 0.340 e. The van der Waals surface area contributed by atoms with Crippen LogP contribution >= 0.6 is 27.5 Å². The van der Waals surface area contributed by atoms with E-state index in [0.717, 1.165) is 38.1 Å². The summed E-state index contributed by atoms with van der Waals surface area (Å²) in [6.45, 7) is 2.10. The van der Waals surface area contributed by atoms with Crippen molar-refractivity contribution in [3.05, 3.63) is 139 Å². The maximum atomic E-state index is 13.2. The molecular formula is C32H21BrClNO2. The second-order valence-electron chi connectivity index (χ2n) is 9.73. The molecule has 1 heterocycles. The Bertz CT molecular complexity index is 1760. The number of nitrogens with one attached hydrogen (secondary N) is 1. The Balaban J connectivity index is 1.49. The highest BCUT2D eigenvalue weighted by Crippen LogP contribution is 2.54. The van der Waals surface area contributed by atoms with Crippen LogP contribution in [0.25, 0.3) is 10.8 Å². The van der Waals surface area contributed by atoms with Gasteiger partial charge in [-0.1, -0.05) is 81.6 Å². The summed E-state index contributed by atoms with van der Waals surface area (Å²) < 4.78 is 7.40. The maximum absolute atomic E-state index is 13.2. The average Bonchev–Trinajstić information content (AvgIpc) is 3.19. The van der Waals surface area contributed by atoms with Gasteiger partial charge in [0.1, 0.15) is 0 Å². The Morgan fingerprint density at radius 3 is 2.54 bits per heavy atom. The minimum absolute atomic E-state index is 0.313. The van der Waals surface area contributed by atoms with E-state index < -0.39 is 5.60 Å². The lowest BCUT2D eigenvalue weighted by atomic mass is 9.70. The Kier molecular flexibility index (Phi) is 5.01. The van der Waals surface area contributed by atoms with Gasteiger partial charge in [0, 0.05) is 26.9 Å². The molecule has 5 aromatic carbocycles. The quantitative estimate of drug-likeness (QED) is 0.217. The van der Waals surface area contributed by atoms with Crippen LogP contribution in [0, 0.1) is 6.92 Å². The van der Waals surface area contributed by atoms with Gasteiger partial charge < -0.3 is 10.1 Å². The van der Waals surface area contributed by atoms with E-state index in [1.807, 2.05) is 54.6 Å². The molecular weight excluding hydrogens is 546 g/mol. The van der Waals surface area contributed by atoms with E-state index >= 15 is 0 Å². The highest BCUT2D eigenvalue weighted by Gasteiger charge is 2.52. The Hall–Kier alpha value is -3.60. The number of halogens is 2. The molecule has 1 unspecified atom stereocenters. The third-order valence-corrected chi connectivity index (χ3v) is 8.34. The van der Waals surface area contributed by atoms with Gasteiger partial charge in [-0.05, 0) is 77.7 Å². The molecule has 0 radical (unpaired) electrons. The van der Waals surface area contributed by atoms with Crippen molar-refractivity contribution < 1.29 is 9.53 Å². The summed E-state index contributed by atoms with van der Waals surface area (Å²) in [7, 11) is 0. The van der Waals surface area contributed by atoms with Crippen LogP contribution in [0.2, 0.25) is 5.02 Å². The molecule has 0 saturated heterocycles. The molecule has 37 heavy (non-hydrogen) atoms. The van der Waals surface area contributed by atoms with Gasteiger partial charge in [-0.3, -0.25) is 0 Å². The molecule has 5 aromatic rings. The minimum Gasteiger partial charge on any atom is -0.441 e. The molecule has 1 aliphatic carbocycles. The standard InChI is InChI=1S/C32H21BrClNO2/c1-18-6-12-23-19(14-18)7-13-27-25(23)15-20-16-30(35-22-10-8-21(33)9-11-22)29(34)17-28(20)32(27)26-5-3-2-4-24(26)31(36)37-32/h2-14,16-17,35H,15H2,1H3. The topological polar surface area (TPSA) is 38.3 Å². The van der Waals surface area contributed by atoms with Crippen LogP contribution in [0.3, 0.4) is 0 Å². The first kappa shape index (κ1) is 22.6. The van der Waals surface area contributed by atoms with E-state index in [1.54, 1.807) is 0 Å². The first-order valence-corrected chi connectivity index (χ1v) is 13.3. The summed E-state index contributed by atoms with van der Waals surface area (Å²) in [5.41, 5.74) is 7.54. The van der Waals surface area contributed by atoms with Crippen LogP contribution < -0.4 is 5.32 Å². The van der Waals surface area contributed by atoms with Gasteiger partial charge in [-0.25, -0.2) is 4.79 Å². The molecule has 1 spiro atoms. The number of esters is 1. The lowest BCUT2D eigenvalue weighted by Crippen LogP contribution is -2.35. The first-order chi connectivity index (χ1) is 17.9. The fourth-order valence-electron chi connectivity index (χ4n) is 5.86. The third kappa shape index (κ3) is 3.36. The fraction of sp³-hybridized carbons (Fsp3) is 0.0938. The van der Waals surface area contributed by atoms with Gasteiger partial charge in [0.2, 0.25) is 0 Å². The number of aryl methyl sites for hydroxylation is 1. The summed E-state index contributed by atoms with van der Waals surface area (Å²) in [6, 6.07) is 30.5. The van der Waals surface area contributed by atoms with Crippen molar-refractivity contribution in [3.8, 4) is 0 Å². The highest BCUT2D eigenvalue weighted by molar-refractivity contribution is 9.10. The lowest BCUT2D eigenvalue weighted by molar-refractivity contribution is 0.0241. The Labute approximate surface area is 228 Å². The van der Waals surface area contributed by atoms with E-state index in [1.165, 1.54) is 21.9 Å². The van der Waals surface area contributed by atoms with E-state index in [-0.39, 0.29) is 5.97 Å². The van der Waals surface area contributed by atoms with Gasteiger partial charge in [-0.2, -0.15) is 0 Å². The largest absolute Gasteiger partial charge is 0.441 e. The van der Waals surface area contributed by atoms with Crippen LogP contribution in [-0.2, 0) is 16.8 Å². The van der Waals surface area contributed by atoms with Crippen molar-refractivity contribution in [2.45, 2.75) is 18.9 Å². The van der Waals surface area contributed by atoms with Gasteiger partial charge in [0.15, 0.2) is 5.60 Å². The molecule has 1 aliphatic heterocycles. The van der Waals surface area contributed by atoms with Crippen molar-refractivity contribution in [1.82, 2.24) is 0 Å². The monoisotopic (exact) mass is 565 g/mol. The molecule has 0 bridgehead atoms. The number of carbonyl (C=O) groups excluding carboxylic acids is 1. The van der Waals surface area contributed by atoms with Crippen LogP contribution in [0.5, 0.6) is 0 Å². The number of ether oxygens (including phenoxy) is 1. The van der Waals surface area contributed by atoms with E-state index in [2.05, 4.69) is 64.6 Å². The number of carbonyl (C=O) groups is 1. The second kappa shape index (κ2) is 8.20. The smallest absolute Gasteiger partial charge is 0.340 e. The molecule has 2 aliphatic rings. The summed E-state index contributed by atoms with van der Waals surface area (Å²) in [4.78, 5) is 13.2. The molecule has 180 valence electrons. The Morgan fingerprint density at radius 1 is 0.892 bits per heavy atom. The van der Waals surface area contributed by atoms with Crippen LogP contribution in [0.1, 0.15) is 43.7 Å². The molecule has 5 heteroatoms. The number of benzene rings is 5.